The molecule has 0 saturated carbocycles. The van der Waals surface area contributed by atoms with Gasteiger partial charge in [0.1, 0.15) is 5.75 Å². The Bertz CT molecular complexity index is 443. The van der Waals surface area contributed by atoms with Gasteiger partial charge in [-0.05, 0) is 41.1 Å². The molecule has 0 amide bonds. The van der Waals surface area contributed by atoms with E-state index in [4.69, 9.17) is 9.47 Å². The number of carbonyl (C=O) groups is 1. The predicted octanol–water partition coefficient (Wildman–Crippen LogP) is 4.06. The lowest BCUT2D eigenvalue weighted by Gasteiger charge is -2.16. The van der Waals surface area contributed by atoms with E-state index in [1.165, 1.54) is 0 Å². The van der Waals surface area contributed by atoms with Gasteiger partial charge in [-0.1, -0.05) is 22.5 Å². The summed E-state index contributed by atoms with van der Waals surface area (Å²) in [6, 6.07) is 5.47. The summed E-state index contributed by atoms with van der Waals surface area (Å²) in [7, 11) is 0. The average molecular weight is 364 g/mol. The van der Waals surface area contributed by atoms with Gasteiger partial charge in [-0.15, -0.1) is 0 Å². The quantitative estimate of drug-likeness (QED) is 0.459. The Kier molecular flexibility index (Phi) is 5.21. The zero-order chi connectivity index (χ0) is 13.0. The fraction of sp³-hybridized carbons (Fsp3) is 0.250. The highest BCUT2D eigenvalue weighted by molar-refractivity contribution is 9.11. The normalized spacial score (nSPS) is 11.8. The molecule has 0 aromatic heterocycles. The van der Waals surface area contributed by atoms with Gasteiger partial charge in [0.05, 0.1) is 4.47 Å². The van der Waals surface area contributed by atoms with Gasteiger partial charge in [0.15, 0.2) is 0 Å². The van der Waals surface area contributed by atoms with Crippen LogP contribution >= 0.6 is 31.9 Å². The lowest BCUT2D eigenvalue weighted by molar-refractivity contribution is -0.156. The number of esters is 1. The SMILES string of the molecule is C=C(C)C(=O)OC(C)Oc1ccc(Br)cc1Br. The van der Waals surface area contributed by atoms with Crippen LogP contribution in [0, 0.1) is 0 Å². The number of carbonyl (C=O) groups excluding carboxylic acids is 1. The maximum Gasteiger partial charge on any atom is 0.336 e. The lowest BCUT2D eigenvalue weighted by atomic mass is 10.3. The maximum absolute atomic E-state index is 11.3. The van der Waals surface area contributed by atoms with Crippen molar-refractivity contribution in [3.63, 3.8) is 0 Å². The first kappa shape index (κ1) is 14.3. The second-order valence-electron chi connectivity index (χ2n) is 3.45. The van der Waals surface area contributed by atoms with Crippen LogP contribution in [0.15, 0.2) is 39.3 Å². The van der Waals surface area contributed by atoms with Crippen molar-refractivity contribution >= 4 is 37.8 Å². The molecule has 0 heterocycles. The highest BCUT2D eigenvalue weighted by Crippen LogP contribution is 2.29. The molecular weight excluding hydrogens is 352 g/mol. The van der Waals surface area contributed by atoms with Crippen LogP contribution in [0.1, 0.15) is 13.8 Å². The summed E-state index contributed by atoms with van der Waals surface area (Å²) >= 11 is 6.70. The van der Waals surface area contributed by atoms with Crippen molar-refractivity contribution in [1.82, 2.24) is 0 Å². The van der Waals surface area contributed by atoms with Gasteiger partial charge in [0.25, 0.3) is 0 Å². The highest BCUT2D eigenvalue weighted by atomic mass is 79.9. The van der Waals surface area contributed by atoms with E-state index in [1.54, 1.807) is 19.9 Å². The van der Waals surface area contributed by atoms with E-state index in [0.717, 1.165) is 8.95 Å². The molecule has 0 aliphatic carbocycles. The molecule has 0 saturated heterocycles. The zero-order valence-electron chi connectivity index (χ0n) is 9.50. The van der Waals surface area contributed by atoms with Gasteiger partial charge in [-0.3, -0.25) is 0 Å². The van der Waals surface area contributed by atoms with E-state index in [-0.39, 0.29) is 0 Å². The summed E-state index contributed by atoms with van der Waals surface area (Å²) in [6.07, 6.45) is -0.670. The van der Waals surface area contributed by atoms with Crippen LogP contribution in [-0.4, -0.2) is 12.3 Å². The van der Waals surface area contributed by atoms with E-state index in [1.807, 2.05) is 12.1 Å². The van der Waals surface area contributed by atoms with Crippen molar-refractivity contribution < 1.29 is 14.3 Å². The molecule has 0 aliphatic heterocycles. The van der Waals surface area contributed by atoms with Gasteiger partial charge in [0.2, 0.25) is 6.29 Å². The predicted molar refractivity (Wildman–Crippen MR) is 72.8 cm³/mol. The molecule has 0 N–H and O–H groups in total. The summed E-state index contributed by atoms with van der Waals surface area (Å²) in [6.45, 7) is 6.73. The third-order valence-electron chi connectivity index (χ3n) is 1.81. The molecule has 5 heteroatoms. The number of ether oxygens (including phenoxy) is 2. The van der Waals surface area contributed by atoms with Crippen LogP contribution in [0.4, 0.5) is 0 Å². The molecule has 0 fully saturated rings. The van der Waals surface area contributed by atoms with Crippen LogP contribution in [0.2, 0.25) is 0 Å². The van der Waals surface area contributed by atoms with E-state index in [0.29, 0.717) is 11.3 Å². The molecule has 0 radical (unpaired) electrons. The first-order chi connectivity index (χ1) is 7.90. The Hall–Kier alpha value is -0.810. The molecule has 0 aliphatic rings. The Morgan fingerprint density at radius 1 is 1.41 bits per heavy atom. The largest absolute Gasteiger partial charge is 0.454 e. The van der Waals surface area contributed by atoms with Crippen molar-refractivity contribution in [1.29, 1.82) is 0 Å². The molecule has 1 aromatic rings. The summed E-state index contributed by atoms with van der Waals surface area (Å²) < 4.78 is 12.2. The zero-order valence-corrected chi connectivity index (χ0v) is 12.7. The number of benzene rings is 1. The minimum atomic E-state index is -0.670. The Morgan fingerprint density at radius 3 is 2.59 bits per heavy atom. The van der Waals surface area contributed by atoms with Crippen molar-refractivity contribution in [3.05, 3.63) is 39.3 Å². The van der Waals surface area contributed by atoms with Crippen molar-refractivity contribution in [3.8, 4) is 5.75 Å². The maximum atomic E-state index is 11.3. The first-order valence-electron chi connectivity index (χ1n) is 4.88. The van der Waals surface area contributed by atoms with Gasteiger partial charge >= 0.3 is 5.97 Å². The van der Waals surface area contributed by atoms with E-state index in [9.17, 15) is 4.79 Å². The minimum Gasteiger partial charge on any atom is -0.454 e. The minimum absolute atomic E-state index is 0.343. The molecule has 0 bridgehead atoms. The van der Waals surface area contributed by atoms with Crippen molar-refractivity contribution in [2.45, 2.75) is 20.1 Å². The van der Waals surface area contributed by atoms with E-state index in [2.05, 4.69) is 38.4 Å². The molecule has 1 unspecified atom stereocenters. The smallest absolute Gasteiger partial charge is 0.336 e. The van der Waals surface area contributed by atoms with E-state index < -0.39 is 12.3 Å². The average Bonchev–Trinajstić information content (AvgIpc) is 2.22. The van der Waals surface area contributed by atoms with Crippen LogP contribution in [-0.2, 0) is 9.53 Å². The highest BCUT2D eigenvalue weighted by Gasteiger charge is 2.12. The second-order valence-corrected chi connectivity index (χ2v) is 5.22. The summed E-state index contributed by atoms with van der Waals surface area (Å²) in [5.74, 6) is 0.140. The van der Waals surface area contributed by atoms with Gasteiger partial charge < -0.3 is 9.47 Å². The Morgan fingerprint density at radius 2 is 2.06 bits per heavy atom. The lowest BCUT2D eigenvalue weighted by Crippen LogP contribution is -2.21. The number of rotatable bonds is 4. The topological polar surface area (TPSA) is 35.5 Å². The van der Waals surface area contributed by atoms with Crippen LogP contribution in [0.3, 0.4) is 0 Å². The monoisotopic (exact) mass is 362 g/mol. The molecule has 17 heavy (non-hydrogen) atoms. The Balaban J connectivity index is 2.65. The number of hydrogen-bond acceptors (Lipinski definition) is 3. The number of halogens is 2. The summed E-state index contributed by atoms with van der Waals surface area (Å²) in [5, 5.41) is 0. The van der Waals surface area contributed by atoms with E-state index >= 15 is 0 Å². The third kappa shape index (κ3) is 4.52. The third-order valence-corrected chi connectivity index (χ3v) is 2.92. The molecule has 92 valence electrons. The molecular formula is C12H12Br2O3. The van der Waals surface area contributed by atoms with Crippen molar-refractivity contribution in [2.24, 2.45) is 0 Å². The van der Waals surface area contributed by atoms with Crippen LogP contribution in [0.5, 0.6) is 5.75 Å². The standard InChI is InChI=1S/C12H12Br2O3/c1-7(2)12(15)17-8(3)16-11-5-4-9(13)6-10(11)14/h4-6,8H,1H2,2-3H3. The molecule has 1 atom stereocenters. The Labute approximate surface area is 117 Å². The summed E-state index contributed by atoms with van der Waals surface area (Å²) in [4.78, 5) is 11.3. The van der Waals surface area contributed by atoms with Gasteiger partial charge in [0, 0.05) is 17.0 Å². The first-order valence-corrected chi connectivity index (χ1v) is 6.47. The number of hydrogen-bond donors (Lipinski definition) is 0. The van der Waals surface area contributed by atoms with Gasteiger partial charge in [-0.25, -0.2) is 4.79 Å². The fourth-order valence-electron chi connectivity index (χ4n) is 1.02. The molecule has 0 spiro atoms. The van der Waals surface area contributed by atoms with Crippen molar-refractivity contribution in [2.75, 3.05) is 0 Å². The summed E-state index contributed by atoms with van der Waals surface area (Å²) in [5.41, 5.74) is 0.343. The van der Waals surface area contributed by atoms with Crippen LogP contribution in [0.25, 0.3) is 0 Å². The fourth-order valence-corrected chi connectivity index (χ4v) is 2.17. The molecule has 1 aromatic carbocycles. The van der Waals surface area contributed by atoms with Gasteiger partial charge in [-0.2, -0.15) is 0 Å². The van der Waals surface area contributed by atoms with Crippen LogP contribution < -0.4 is 4.74 Å². The molecule has 1 rings (SSSR count). The molecule has 3 nitrogen and oxygen atoms in total. The second kappa shape index (κ2) is 6.21.